The third-order valence-corrected chi connectivity index (χ3v) is 4.92. The lowest BCUT2D eigenvalue weighted by atomic mass is 10.3. The van der Waals surface area contributed by atoms with E-state index < -0.39 is 0 Å². The highest BCUT2D eigenvalue weighted by Gasteiger charge is 2.19. The van der Waals surface area contributed by atoms with Crippen molar-refractivity contribution in [3.05, 3.63) is 24.3 Å². The van der Waals surface area contributed by atoms with Crippen LogP contribution in [0.1, 0.15) is 6.92 Å². The van der Waals surface area contributed by atoms with Crippen LogP contribution in [0.25, 0.3) is 0 Å². The zero-order chi connectivity index (χ0) is 12.8. The Bertz CT molecular complexity index is 423. The van der Waals surface area contributed by atoms with Crippen molar-refractivity contribution < 1.29 is 4.74 Å². The van der Waals surface area contributed by atoms with Crippen molar-refractivity contribution in [2.24, 2.45) is 10.7 Å². The maximum atomic E-state index is 5.37. The minimum atomic E-state index is 0.430. The fourth-order valence-electron chi connectivity index (χ4n) is 1.64. The molecule has 0 fully saturated rings. The van der Waals surface area contributed by atoms with Gasteiger partial charge in [0.15, 0.2) is 0 Å². The second kappa shape index (κ2) is 7.19. The summed E-state index contributed by atoms with van der Waals surface area (Å²) in [6.07, 6.45) is 0. The molecule has 1 aliphatic rings. The van der Waals surface area contributed by atoms with Crippen LogP contribution in [0.5, 0.6) is 0 Å². The van der Waals surface area contributed by atoms with E-state index in [1.165, 1.54) is 9.94 Å². The van der Waals surface area contributed by atoms with Gasteiger partial charge in [-0.1, -0.05) is 12.1 Å². The quantitative estimate of drug-likeness (QED) is 0.844. The second-order valence-corrected chi connectivity index (χ2v) is 6.43. The van der Waals surface area contributed by atoms with Gasteiger partial charge in [0.05, 0.1) is 29.2 Å². The lowest BCUT2D eigenvalue weighted by molar-refractivity contribution is 0.158. The molecule has 0 bridgehead atoms. The first-order chi connectivity index (χ1) is 8.81. The molecule has 1 heterocycles. The third kappa shape index (κ3) is 3.75. The van der Waals surface area contributed by atoms with Crippen molar-refractivity contribution in [1.29, 1.82) is 0 Å². The molecule has 2 rings (SSSR count). The van der Waals surface area contributed by atoms with Crippen LogP contribution < -0.4 is 5.73 Å². The molecule has 0 saturated heterocycles. The minimum absolute atomic E-state index is 0.430. The summed E-state index contributed by atoms with van der Waals surface area (Å²) in [6.45, 7) is 4.17. The molecule has 1 unspecified atom stereocenters. The van der Waals surface area contributed by atoms with Gasteiger partial charge in [0.1, 0.15) is 0 Å². The lowest BCUT2D eigenvalue weighted by Crippen LogP contribution is -2.15. The summed E-state index contributed by atoms with van der Waals surface area (Å²) in [5.41, 5.74) is 6.46. The molecule has 0 aromatic heterocycles. The number of aliphatic imine (C=N–C) groups is 1. The molecule has 1 aromatic rings. The van der Waals surface area contributed by atoms with Crippen molar-refractivity contribution in [2.45, 2.75) is 17.1 Å². The Morgan fingerprint density at radius 2 is 2.22 bits per heavy atom. The van der Waals surface area contributed by atoms with Crippen molar-refractivity contribution in [3.63, 3.8) is 0 Å². The Kier molecular flexibility index (Phi) is 5.56. The number of ether oxygens (including phenoxy) is 1. The molecule has 0 saturated carbocycles. The van der Waals surface area contributed by atoms with E-state index in [9.17, 15) is 0 Å². The second-order valence-electron chi connectivity index (χ2n) is 3.93. The standard InChI is InChI=1S/C13H18N2OS2/c1-10-13(17-9-8-16-7-6-14)15-11-4-2-3-5-12(11)18-10/h2-5,10H,6-9,14H2,1H3. The van der Waals surface area contributed by atoms with Crippen molar-refractivity contribution in [3.8, 4) is 0 Å². The van der Waals surface area contributed by atoms with Crippen LogP contribution in [0, 0.1) is 0 Å². The maximum absolute atomic E-state index is 5.37. The first-order valence-corrected chi connectivity index (χ1v) is 7.92. The average Bonchev–Trinajstić information content (AvgIpc) is 2.39. The summed E-state index contributed by atoms with van der Waals surface area (Å²) in [7, 11) is 0. The molecule has 5 heteroatoms. The Balaban J connectivity index is 1.90. The summed E-state index contributed by atoms with van der Waals surface area (Å²) in [5, 5.41) is 1.62. The Hall–Kier alpha value is -0.490. The summed E-state index contributed by atoms with van der Waals surface area (Å²) in [4.78, 5) is 5.99. The zero-order valence-electron chi connectivity index (χ0n) is 10.5. The first kappa shape index (κ1) is 13.9. The predicted molar refractivity (Wildman–Crippen MR) is 81.2 cm³/mol. The molecule has 0 radical (unpaired) electrons. The highest BCUT2D eigenvalue weighted by molar-refractivity contribution is 8.16. The van der Waals surface area contributed by atoms with E-state index in [0.29, 0.717) is 18.4 Å². The molecule has 0 aliphatic carbocycles. The summed E-state index contributed by atoms with van der Waals surface area (Å²) < 4.78 is 5.37. The van der Waals surface area contributed by atoms with Gasteiger partial charge in [-0.3, -0.25) is 0 Å². The van der Waals surface area contributed by atoms with Gasteiger partial charge in [0.25, 0.3) is 0 Å². The van der Waals surface area contributed by atoms with Crippen LogP contribution in [0.15, 0.2) is 34.2 Å². The number of hydrogen-bond donors (Lipinski definition) is 1. The van der Waals surface area contributed by atoms with Gasteiger partial charge in [0.2, 0.25) is 0 Å². The normalized spacial score (nSPS) is 18.3. The topological polar surface area (TPSA) is 47.6 Å². The van der Waals surface area contributed by atoms with Crippen LogP contribution >= 0.6 is 23.5 Å². The molecule has 18 heavy (non-hydrogen) atoms. The molecule has 2 N–H and O–H groups in total. The summed E-state index contributed by atoms with van der Waals surface area (Å²) in [6, 6.07) is 8.30. The molecular weight excluding hydrogens is 264 g/mol. The fraction of sp³-hybridized carbons (Fsp3) is 0.462. The van der Waals surface area contributed by atoms with E-state index in [1.807, 2.05) is 17.8 Å². The van der Waals surface area contributed by atoms with Crippen molar-refractivity contribution in [1.82, 2.24) is 0 Å². The van der Waals surface area contributed by atoms with Crippen LogP contribution in [0.3, 0.4) is 0 Å². The van der Waals surface area contributed by atoms with Crippen LogP contribution in [-0.4, -0.2) is 35.8 Å². The number of nitrogens with zero attached hydrogens (tertiary/aromatic N) is 1. The lowest BCUT2D eigenvalue weighted by Gasteiger charge is -2.20. The van der Waals surface area contributed by atoms with Crippen molar-refractivity contribution in [2.75, 3.05) is 25.5 Å². The van der Waals surface area contributed by atoms with E-state index in [4.69, 9.17) is 15.5 Å². The van der Waals surface area contributed by atoms with E-state index in [0.717, 1.165) is 18.0 Å². The number of nitrogens with two attached hydrogens (primary N) is 1. The van der Waals surface area contributed by atoms with Gasteiger partial charge in [-0.25, -0.2) is 4.99 Å². The average molecular weight is 282 g/mol. The Morgan fingerprint density at radius 1 is 1.39 bits per heavy atom. The molecule has 1 atom stereocenters. The number of thioether (sulfide) groups is 2. The van der Waals surface area contributed by atoms with Crippen LogP contribution in [-0.2, 0) is 4.74 Å². The van der Waals surface area contributed by atoms with E-state index in [2.05, 4.69) is 25.1 Å². The maximum Gasteiger partial charge on any atom is 0.0871 e. The minimum Gasteiger partial charge on any atom is -0.379 e. The fourth-order valence-corrected chi connectivity index (χ4v) is 3.72. The number of rotatable bonds is 5. The van der Waals surface area contributed by atoms with Gasteiger partial charge in [0, 0.05) is 17.2 Å². The Labute approximate surface area is 117 Å². The number of fused-ring (bicyclic) bond motifs is 1. The van der Waals surface area contributed by atoms with Gasteiger partial charge >= 0.3 is 0 Å². The van der Waals surface area contributed by atoms with E-state index in [1.54, 1.807) is 11.8 Å². The molecular formula is C13H18N2OS2. The molecule has 3 nitrogen and oxygen atoms in total. The molecule has 1 aromatic carbocycles. The third-order valence-electron chi connectivity index (χ3n) is 2.49. The van der Waals surface area contributed by atoms with Gasteiger partial charge in [-0.2, -0.15) is 0 Å². The number of hydrogen-bond acceptors (Lipinski definition) is 5. The predicted octanol–water partition coefficient (Wildman–Crippen LogP) is 2.92. The van der Waals surface area contributed by atoms with Gasteiger partial charge in [-0.05, 0) is 19.1 Å². The number of benzene rings is 1. The number of para-hydroxylation sites is 1. The van der Waals surface area contributed by atoms with Crippen LogP contribution in [0.4, 0.5) is 5.69 Å². The zero-order valence-corrected chi connectivity index (χ0v) is 12.1. The van der Waals surface area contributed by atoms with Gasteiger partial charge in [-0.15, -0.1) is 23.5 Å². The largest absolute Gasteiger partial charge is 0.379 e. The molecule has 1 aliphatic heterocycles. The van der Waals surface area contributed by atoms with Crippen LogP contribution in [0.2, 0.25) is 0 Å². The SMILES string of the molecule is CC1Sc2ccccc2N=C1SCCOCCN. The summed E-state index contributed by atoms with van der Waals surface area (Å²) in [5.74, 6) is 0.936. The smallest absolute Gasteiger partial charge is 0.0871 e. The van der Waals surface area contributed by atoms with Gasteiger partial charge < -0.3 is 10.5 Å². The molecule has 0 amide bonds. The van der Waals surface area contributed by atoms with E-state index in [-0.39, 0.29) is 0 Å². The molecule has 98 valence electrons. The monoisotopic (exact) mass is 282 g/mol. The first-order valence-electron chi connectivity index (χ1n) is 6.06. The van der Waals surface area contributed by atoms with E-state index >= 15 is 0 Å². The summed E-state index contributed by atoms with van der Waals surface area (Å²) >= 11 is 3.66. The molecule has 0 spiro atoms. The Morgan fingerprint density at radius 3 is 3.06 bits per heavy atom. The van der Waals surface area contributed by atoms with Crippen molar-refractivity contribution >= 4 is 34.3 Å². The highest BCUT2D eigenvalue weighted by atomic mass is 32.2. The highest BCUT2D eigenvalue weighted by Crippen LogP contribution is 2.39.